The smallest absolute Gasteiger partial charge is 0.410 e. The third kappa shape index (κ3) is 9.19. The quantitative estimate of drug-likeness (QED) is 0.134. The summed E-state index contributed by atoms with van der Waals surface area (Å²) < 4.78 is 20.5. The molecule has 0 bridgehead atoms. The molecule has 2 aromatic heterocycles. The molecule has 3 amide bonds. The molecule has 2 unspecified atom stereocenters. The Kier molecular flexibility index (Phi) is 12.1. The van der Waals surface area contributed by atoms with Crippen LogP contribution in [-0.2, 0) is 42.6 Å². The number of carbonyl (C=O) groups is 3. The second-order valence-electron chi connectivity index (χ2n) is 13.6. The molecule has 2 aliphatic heterocycles. The molecule has 2 fully saturated rings. The van der Waals surface area contributed by atoms with Crippen LogP contribution in [0.4, 0.5) is 4.79 Å². The van der Waals surface area contributed by atoms with Crippen LogP contribution in [0.25, 0.3) is 0 Å². The van der Waals surface area contributed by atoms with Gasteiger partial charge in [0.25, 0.3) is 0 Å². The van der Waals surface area contributed by atoms with Crippen molar-refractivity contribution < 1.29 is 28.6 Å². The van der Waals surface area contributed by atoms with Crippen LogP contribution < -0.4 is 10.6 Å². The Labute approximate surface area is 328 Å². The molecule has 2 saturated heterocycles. The van der Waals surface area contributed by atoms with Gasteiger partial charge in [-0.25, -0.2) is 14.8 Å². The van der Waals surface area contributed by atoms with Gasteiger partial charge in [0, 0.05) is 60.3 Å². The molecule has 3 aromatic carbocycles. The summed E-state index contributed by atoms with van der Waals surface area (Å²) in [5.74, 6) is -2.35. The zero-order valence-corrected chi connectivity index (χ0v) is 31.4. The minimum absolute atomic E-state index is 0.0803. The Morgan fingerprint density at radius 1 is 1.02 bits per heavy atom. The molecule has 0 aliphatic carbocycles. The number of rotatable bonds is 14. The van der Waals surface area contributed by atoms with Gasteiger partial charge in [0.15, 0.2) is 0 Å². The van der Waals surface area contributed by atoms with E-state index in [-0.39, 0.29) is 38.6 Å². The number of aromatic amines is 1. The molecule has 3 N–H and O–H groups in total. The maximum atomic E-state index is 13.9. The molecule has 55 heavy (non-hydrogen) atoms. The molecule has 0 radical (unpaired) electrons. The first kappa shape index (κ1) is 38.1. The van der Waals surface area contributed by atoms with E-state index in [4.69, 9.17) is 37.4 Å². The maximum Gasteiger partial charge on any atom is 0.410 e. The van der Waals surface area contributed by atoms with Gasteiger partial charge in [-0.05, 0) is 36.1 Å². The average Bonchev–Trinajstić information content (AvgIpc) is 4.04. The summed E-state index contributed by atoms with van der Waals surface area (Å²) in [6, 6.07) is 23.0. The molecule has 0 saturated carbocycles. The second-order valence-corrected chi connectivity index (χ2v) is 14.4. The van der Waals surface area contributed by atoms with E-state index >= 15 is 0 Å². The fourth-order valence-corrected chi connectivity index (χ4v) is 7.63. The minimum Gasteiger partial charge on any atom is -0.448 e. The number of aromatic nitrogens is 4. The number of imidazole rings is 2. The van der Waals surface area contributed by atoms with E-state index in [0.717, 1.165) is 11.1 Å². The molecule has 13 nitrogen and oxygen atoms in total. The fraction of sp³-hybridized carbons (Fsp3) is 0.325. The van der Waals surface area contributed by atoms with Crippen molar-refractivity contribution in [2.75, 3.05) is 26.3 Å². The van der Waals surface area contributed by atoms with E-state index < -0.39 is 41.9 Å². The van der Waals surface area contributed by atoms with Gasteiger partial charge in [-0.1, -0.05) is 89.9 Å². The van der Waals surface area contributed by atoms with Crippen LogP contribution in [0.15, 0.2) is 110 Å². The van der Waals surface area contributed by atoms with Gasteiger partial charge in [-0.2, -0.15) is 0 Å². The van der Waals surface area contributed by atoms with Gasteiger partial charge in [0.05, 0.1) is 30.8 Å². The predicted octanol–water partition coefficient (Wildman–Crippen LogP) is 5.46. The summed E-state index contributed by atoms with van der Waals surface area (Å²) >= 11 is 12.8. The van der Waals surface area contributed by atoms with Crippen LogP contribution in [0.5, 0.6) is 0 Å². The van der Waals surface area contributed by atoms with E-state index in [0.29, 0.717) is 40.7 Å². The Bertz CT molecular complexity index is 2000. The number of nitrogens with zero attached hydrogens (tertiary/aromatic N) is 4. The molecule has 4 atom stereocenters. The minimum atomic E-state index is -1.27. The first-order chi connectivity index (χ1) is 26.8. The highest BCUT2D eigenvalue weighted by atomic mass is 35.5. The van der Waals surface area contributed by atoms with Gasteiger partial charge < -0.3 is 34.4 Å². The number of likely N-dealkylation sites (tertiary alicyclic amines) is 1. The molecule has 0 spiro atoms. The molecule has 7 rings (SSSR count). The van der Waals surface area contributed by atoms with Crippen LogP contribution in [-0.4, -0.2) is 86.8 Å². The van der Waals surface area contributed by atoms with Crippen molar-refractivity contribution in [3.8, 4) is 0 Å². The molecule has 2 aliphatic rings. The van der Waals surface area contributed by atoms with Crippen molar-refractivity contribution in [3.63, 3.8) is 0 Å². The number of hydrogen-bond acceptors (Lipinski definition) is 8. The van der Waals surface area contributed by atoms with Crippen LogP contribution >= 0.6 is 23.2 Å². The van der Waals surface area contributed by atoms with Crippen molar-refractivity contribution in [1.82, 2.24) is 35.1 Å². The van der Waals surface area contributed by atoms with Gasteiger partial charge in [-0.3, -0.25) is 14.5 Å². The van der Waals surface area contributed by atoms with E-state index in [1.165, 1.54) is 11.2 Å². The van der Waals surface area contributed by atoms with Crippen LogP contribution in [0, 0.1) is 0 Å². The van der Waals surface area contributed by atoms with Crippen molar-refractivity contribution >= 4 is 41.1 Å². The average molecular weight is 787 g/mol. The number of halogens is 2. The van der Waals surface area contributed by atoms with Gasteiger partial charge in [0.2, 0.25) is 17.6 Å². The van der Waals surface area contributed by atoms with Crippen molar-refractivity contribution in [1.29, 1.82) is 0 Å². The number of ether oxygens (including phenoxy) is 3. The number of nitrogens with one attached hydrogen (secondary N) is 3. The number of benzene rings is 3. The third-order valence-electron chi connectivity index (χ3n) is 9.83. The fourth-order valence-electron chi connectivity index (χ4n) is 7.08. The monoisotopic (exact) mass is 785 g/mol. The summed E-state index contributed by atoms with van der Waals surface area (Å²) in [5, 5.41) is 6.67. The first-order valence-corrected chi connectivity index (χ1v) is 18.9. The summed E-state index contributed by atoms with van der Waals surface area (Å²) in [4.78, 5) is 53.8. The Morgan fingerprint density at radius 3 is 2.45 bits per heavy atom. The Hall–Kier alpha value is -5.21. The lowest BCUT2D eigenvalue weighted by Gasteiger charge is -2.30. The number of H-pyrrole nitrogens is 1. The standard InChI is InChI=1S/C40H41Cl2N7O6/c41-29-13-14-33(34(42)18-29)40(24-48-17-15-43-26-48)54-22-31(55-40)21-45-37(50)35(19-30-20-44-25-46-30)47-38(51)36-12-7-16-49(36)39(52)53-23-32(27-8-3-1-4-9-27)28-10-5-2-6-11-28/h1-6,8-11,13-15,17-18,20,25-26,31-32,35-36H,7,12,16,19,21-24H2,(H,44,46)(H,45,50)(H,47,51)/t31-,35?,36?,40-/m0/s1. The lowest BCUT2D eigenvalue weighted by atomic mass is 9.92. The SMILES string of the molecule is O=C(NC[C@H]1CO[C@](Cn2ccnc2)(c2ccc(Cl)cc2Cl)O1)C(Cc1cnc[nH]1)NC(=O)C1CCCN1C(=O)OCC(c1ccccc1)c1ccccc1. The molecule has 286 valence electrons. The molecular weight excluding hydrogens is 745 g/mol. The van der Waals surface area contributed by atoms with Gasteiger partial charge in [0.1, 0.15) is 24.8 Å². The first-order valence-electron chi connectivity index (χ1n) is 18.1. The predicted molar refractivity (Wildman–Crippen MR) is 204 cm³/mol. The van der Waals surface area contributed by atoms with Crippen molar-refractivity contribution in [3.05, 3.63) is 143 Å². The molecule has 4 heterocycles. The van der Waals surface area contributed by atoms with E-state index in [1.807, 2.05) is 65.2 Å². The summed E-state index contributed by atoms with van der Waals surface area (Å²) in [6.45, 7) is 0.935. The topological polar surface area (TPSA) is 153 Å². The highest BCUT2D eigenvalue weighted by Gasteiger charge is 2.45. The largest absolute Gasteiger partial charge is 0.448 e. The summed E-state index contributed by atoms with van der Waals surface area (Å²) in [5.41, 5.74) is 3.25. The molecule has 5 aromatic rings. The molecule has 15 heteroatoms. The summed E-state index contributed by atoms with van der Waals surface area (Å²) in [7, 11) is 0. The Balaban J connectivity index is 0.999. The normalized spacial score (nSPS) is 20.0. The zero-order chi connectivity index (χ0) is 38.2. The van der Waals surface area contributed by atoms with Gasteiger partial charge in [-0.15, -0.1) is 0 Å². The Morgan fingerprint density at radius 2 is 1.78 bits per heavy atom. The zero-order valence-electron chi connectivity index (χ0n) is 29.9. The number of amides is 3. The lowest BCUT2D eigenvalue weighted by Crippen LogP contribution is -2.54. The number of carbonyl (C=O) groups excluding carboxylic acids is 3. The van der Waals surface area contributed by atoms with E-state index in [2.05, 4.69) is 25.6 Å². The maximum absolute atomic E-state index is 13.9. The van der Waals surface area contributed by atoms with Crippen molar-refractivity contribution in [2.45, 2.75) is 55.7 Å². The van der Waals surface area contributed by atoms with E-state index in [9.17, 15) is 14.4 Å². The van der Waals surface area contributed by atoms with Crippen LogP contribution in [0.3, 0.4) is 0 Å². The lowest BCUT2D eigenvalue weighted by molar-refractivity contribution is -0.186. The van der Waals surface area contributed by atoms with Crippen molar-refractivity contribution in [2.24, 2.45) is 0 Å². The third-order valence-corrected chi connectivity index (χ3v) is 10.4. The van der Waals surface area contributed by atoms with Crippen LogP contribution in [0.1, 0.15) is 41.1 Å². The van der Waals surface area contributed by atoms with Gasteiger partial charge >= 0.3 is 6.09 Å². The van der Waals surface area contributed by atoms with Crippen LogP contribution in [0.2, 0.25) is 10.0 Å². The second kappa shape index (κ2) is 17.5. The van der Waals surface area contributed by atoms with E-state index in [1.54, 1.807) is 43.1 Å². The molecular formula is C40H41Cl2N7O6. The summed E-state index contributed by atoms with van der Waals surface area (Å²) in [6.07, 6.45) is 8.22. The highest BCUT2D eigenvalue weighted by Crippen LogP contribution is 2.40. The highest BCUT2D eigenvalue weighted by molar-refractivity contribution is 6.35. The number of hydrogen-bond donors (Lipinski definition) is 3.